The van der Waals surface area contributed by atoms with E-state index >= 15 is 0 Å². The topological polar surface area (TPSA) is 110 Å². The van der Waals surface area contributed by atoms with E-state index in [1.54, 1.807) is 38.1 Å². The number of pyridine rings is 1. The summed E-state index contributed by atoms with van der Waals surface area (Å²) in [5.74, 6) is -0.684. The summed E-state index contributed by atoms with van der Waals surface area (Å²) in [7, 11) is 1.24. The average Bonchev–Trinajstić information content (AvgIpc) is 3.01. The molecular formula is C36H36F3N3O5. The van der Waals surface area contributed by atoms with Crippen molar-refractivity contribution in [1.82, 2.24) is 9.88 Å². The largest absolute Gasteiger partial charge is 0.467 e. The molecule has 1 amide bonds. The van der Waals surface area contributed by atoms with Crippen LogP contribution in [0.3, 0.4) is 0 Å². The molecule has 4 aromatic rings. The van der Waals surface area contributed by atoms with Gasteiger partial charge in [-0.15, -0.1) is 0 Å². The van der Waals surface area contributed by atoms with Gasteiger partial charge in [-0.25, -0.2) is 4.79 Å². The first-order valence-electron chi connectivity index (χ1n) is 14.3. The molecule has 0 bridgehead atoms. The molecule has 246 valence electrons. The summed E-state index contributed by atoms with van der Waals surface area (Å²) in [5, 5.41) is 12.2. The van der Waals surface area contributed by atoms with Crippen LogP contribution in [0.2, 0.25) is 0 Å². The standard InChI is InChI=1S/C35H32F3N3O5.CH4/c1-20(2)31(34(44)45-5)40-32(42)24-7-6-8-27(16-24)46-26-13-11-23(12-14-26)30-17-29(35(36,37)38)28(18-39)33(43)41(30)19-25-10-9-21(3)15-22(25)4;/h6-17,20,31H,19H2,1-5H3,(H,40,42);1H4/t31-;/m1./s1. The molecule has 4 rings (SSSR count). The first-order valence-corrected chi connectivity index (χ1v) is 14.3. The summed E-state index contributed by atoms with van der Waals surface area (Å²) in [6.07, 6.45) is -4.93. The van der Waals surface area contributed by atoms with Gasteiger partial charge in [0.25, 0.3) is 11.5 Å². The van der Waals surface area contributed by atoms with Gasteiger partial charge < -0.3 is 19.4 Å². The molecule has 0 aliphatic rings. The van der Waals surface area contributed by atoms with Crippen LogP contribution in [-0.4, -0.2) is 29.6 Å². The number of benzene rings is 3. The maximum absolute atomic E-state index is 14.0. The third-order valence-corrected chi connectivity index (χ3v) is 7.43. The number of methoxy groups -OCH3 is 1. The van der Waals surface area contributed by atoms with Crippen molar-refractivity contribution >= 4 is 11.9 Å². The molecule has 0 saturated carbocycles. The first-order chi connectivity index (χ1) is 21.7. The number of aromatic nitrogens is 1. The van der Waals surface area contributed by atoms with Gasteiger partial charge in [0.05, 0.1) is 24.9 Å². The van der Waals surface area contributed by atoms with Gasteiger partial charge in [-0.2, -0.15) is 18.4 Å². The van der Waals surface area contributed by atoms with Crippen LogP contribution in [0.25, 0.3) is 11.3 Å². The van der Waals surface area contributed by atoms with Crippen LogP contribution in [0.5, 0.6) is 11.5 Å². The zero-order valence-electron chi connectivity index (χ0n) is 25.9. The molecule has 8 nitrogen and oxygen atoms in total. The minimum atomic E-state index is -4.93. The highest BCUT2D eigenvalue weighted by Crippen LogP contribution is 2.34. The highest BCUT2D eigenvalue weighted by Gasteiger charge is 2.36. The summed E-state index contributed by atoms with van der Waals surface area (Å²) in [6, 6.07) is 19.3. The number of carbonyl (C=O) groups is 2. The van der Waals surface area contributed by atoms with Crippen LogP contribution in [0.1, 0.15) is 59.4 Å². The van der Waals surface area contributed by atoms with E-state index in [1.165, 1.54) is 48.1 Å². The van der Waals surface area contributed by atoms with E-state index in [4.69, 9.17) is 9.47 Å². The second-order valence-electron chi connectivity index (χ2n) is 11.1. The lowest BCUT2D eigenvalue weighted by Crippen LogP contribution is -2.45. The minimum Gasteiger partial charge on any atom is -0.467 e. The number of nitrogens with one attached hydrogen (secondary N) is 1. The van der Waals surface area contributed by atoms with Crippen LogP contribution in [-0.2, 0) is 22.3 Å². The monoisotopic (exact) mass is 647 g/mol. The van der Waals surface area contributed by atoms with Gasteiger partial charge in [0.15, 0.2) is 0 Å². The third kappa shape index (κ3) is 8.27. The van der Waals surface area contributed by atoms with E-state index in [2.05, 4.69) is 5.32 Å². The van der Waals surface area contributed by atoms with Gasteiger partial charge >= 0.3 is 12.1 Å². The van der Waals surface area contributed by atoms with Crippen molar-refractivity contribution < 1.29 is 32.2 Å². The molecule has 0 fully saturated rings. The van der Waals surface area contributed by atoms with Crippen LogP contribution >= 0.6 is 0 Å². The summed E-state index contributed by atoms with van der Waals surface area (Å²) >= 11 is 0. The minimum absolute atomic E-state index is 0. The quantitative estimate of drug-likeness (QED) is 0.189. The summed E-state index contributed by atoms with van der Waals surface area (Å²) in [6.45, 7) is 7.25. The third-order valence-electron chi connectivity index (χ3n) is 7.43. The lowest BCUT2D eigenvalue weighted by atomic mass is 10.0. The zero-order valence-corrected chi connectivity index (χ0v) is 25.9. The number of rotatable bonds is 9. The van der Waals surface area contributed by atoms with E-state index in [0.717, 1.165) is 17.2 Å². The van der Waals surface area contributed by atoms with Gasteiger partial charge in [0, 0.05) is 5.56 Å². The Labute approximate surface area is 271 Å². The van der Waals surface area contributed by atoms with Crippen LogP contribution in [0, 0.1) is 31.1 Å². The number of hydrogen-bond acceptors (Lipinski definition) is 6. The molecule has 47 heavy (non-hydrogen) atoms. The summed E-state index contributed by atoms with van der Waals surface area (Å²) in [4.78, 5) is 38.3. The molecule has 0 unspecified atom stereocenters. The fraction of sp³-hybridized carbons (Fsp3) is 0.278. The second-order valence-corrected chi connectivity index (χ2v) is 11.1. The van der Waals surface area contributed by atoms with Gasteiger partial charge in [-0.1, -0.05) is 51.1 Å². The number of carbonyl (C=O) groups excluding carboxylic acids is 2. The number of nitrogens with zero attached hydrogens (tertiary/aromatic N) is 2. The fourth-order valence-corrected chi connectivity index (χ4v) is 4.95. The Hall–Kier alpha value is -5.37. The van der Waals surface area contributed by atoms with E-state index in [9.17, 15) is 32.8 Å². The Kier molecular flexibility index (Phi) is 11.4. The molecule has 0 spiro atoms. The first kappa shape index (κ1) is 36.1. The van der Waals surface area contributed by atoms with Crippen molar-refractivity contribution in [3.63, 3.8) is 0 Å². The normalized spacial score (nSPS) is 11.7. The summed E-state index contributed by atoms with van der Waals surface area (Å²) < 4.78 is 53.8. The smallest absolute Gasteiger partial charge is 0.417 e. The van der Waals surface area contributed by atoms with Gasteiger partial charge in [0.2, 0.25) is 0 Å². The predicted molar refractivity (Wildman–Crippen MR) is 172 cm³/mol. The van der Waals surface area contributed by atoms with Gasteiger partial charge in [0.1, 0.15) is 29.2 Å². The Morgan fingerprint density at radius 3 is 2.23 bits per heavy atom. The zero-order chi connectivity index (χ0) is 33.8. The van der Waals surface area contributed by atoms with Crippen molar-refractivity contribution in [2.24, 2.45) is 5.92 Å². The maximum Gasteiger partial charge on any atom is 0.417 e. The Morgan fingerprint density at radius 1 is 0.979 bits per heavy atom. The maximum atomic E-state index is 14.0. The number of halogens is 3. The molecule has 1 heterocycles. The van der Waals surface area contributed by atoms with Gasteiger partial charge in [-0.3, -0.25) is 9.59 Å². The molecule has 0 radical (unpaired) electrons. The summed E-state index contributed by atoms with van der Waals surface area (Å²) in [5.41, 5.74) is -0.279. The Morgan fingerprint density at radius 2 is 1.66 bits per heavy atom. The molecule has 3 aromatic carbocycles. The van der Waals surface area contributed by atoms with Crippen molar-refractivity contribution in [2.75, 3.05) is 7.11 Å². The number of hydrogen-bond donors (Lipinski definition) is 1. The second kappa shape index (κ2) is 14.8. The molecule has 1 aromatic heterocycles. The van der Waals surface area contributed by atoms with E-state index < -0.39 is 40.8 Å². The van der Waals surface area contributed by atoms with Crippen molar-refractivity contribution in [3.05, 3.63) is 117 Å². The van der Waals surface area contributed by atoms with Crippen LogP contribution in [0.15, 0.2) is 77.6 Å². The molecule has 1 atom stereocenters. The number of amides is 1. The van der Waals surface area contributed by atoms with E-state index in [0.29, 0.717) is 22.6 Å². The number of aryl methyl sites for hydroxylation is 2. The number of alkyl halides is 3. The Balaban J connectivity index is 0.00000600. The molecule has 0 aliphatic heterocycles. The van der Waals surface area contributed by atoms with Crippen molar-refractivity contribution in [3.8, 4) is 28.8 Å². The lowest BCUT2D eigenvalue weighted by molar-refractivity contribution is -0.144. The number of nitriles is 1. The van der Waals surface area contributed by atoms with E-state index in [1.807, 2.05) is 26.0 Å². The van der Waals surface area contributed by atoms with Crippen LogP contribution in [0.4, 0.5) is 13.2 Å². The highest BCUT2D eigenvalue weighted by molar-refractivity contribution is 5.97. The molecule has 11 heteroatoms. The SMILES string of the molecule is C.COC(=O)[C@H](NC(=O)c1cccc(Oc2ccc(-c3cc(C(F)(F)F)c(C#N)c(=O)n3Cc3ccc(C)cc3C)cc2)c1)C(C)C. The molecule has 1 N–H and O–H groups in total. The average molecular weight is 648 g/mol. The van der Waals surface area contributed by atoms with Gasteiger partial charge in [-0.05, 0) is 85.0 Å². The molecule has 0 saturated heterocycles. The van der Waals surface area contributed by atoms with Crippen molar-refractivity contribution in [1.29, 1.82) is 5.26 Å². The lowest BCUT2D eigenvalue weighted by Gasteiger charge is -2.20. The predicted octanol–water partition coefficient (Wildman–Crippen LogP) is 7.43. The number of ether oxygens (including phenoxy) is 2. The molecular weight excluding hydrogens is 611 g/mol. The fourth-order valence-electron chi connectivity index (χ4n) is 4.95. The van der Waals surface area contributed by atoms with Crippen molar-refractivity contribution in [2.45, 2.75) is 53.9 Å². The highest BCUT2D eigenvalue weighted by atomic mass is 19.4. The Bertz CT molecular complexity index is 1870. The number of esters is 1. The molecule has 0 aliphatic carbocycles. The van der Waals surface area contributed by atoms with E-state index in [-0.39, 0.29) is 31.1 Å². The van der Waals surface area contributed by atoms with Crippen LogP contribution < -0.4 is 15.6 Å².